The molecule has 6 nitrogen and oxygen atoms in total. The van der Waals surface area contributed by atoms with E-state index in [0.29, 0.717) is 15.6 Å². The first-order valence-electron chi connectivity index (χ1n) is 8.68. The summed E-state index contributed by atoms with van der Waals surface area (Å²) in [5, 5.41) is 17.7. The van der Waals surface area contributed by atoms with Crippen LogP contribution in [-0.2, 0) is 24.4 Å². The molecular weight excluding hydrogens is 478 g/mol. The predicted molar refractivity (Wildman–Crippen MR) is 112 cm³/mol. The summed E-state index contributed by atoms with van der Waals surface area (Å²) in [4.78, 5) is 24.2. The molecule has 2 aromatic heterocycles. The number of alkyl halides is 3. The topological polar surface area (TPSA) is 84.2 Å². The minimum absolute atomic E-state index is 0.0162. The number of aromatic carboxylic acids is 1. The van der Waals surface area contributed by atoms with Gasteiger partial charge >= 0.3 is 12.1 Å². The van der Waals surface area contributed by atoms with Crippen molar-refractivity contribution in [1.82, 2.24) is 9.78 Å². The summed E-state index contributed by atoms with van der Waals surface area (Å²) >= 11 is 13.1. The molecule has 0 bridgehead atoms. The van der Waals surface area contributed by atoms with E-state index in [1.807, 2.05) is 0 Å². The molecule has 0 spiro atoms. The molecule has 0 saturated heterocycles. The highest BCUT2D eigenvalue weighted by Crippen LogP contribution is 2.38. The van der Waals surface area contributed by atoms with Gasteiger partial charge in [-0.3, -0.25) is 9.48 Å². The third kappa shape index (κ3) is 5.03. The average molecular weight is 492 g/mol. The van der Waals surface area contributed by atoms with E-state index in [2.05, 4.69) is 10.4 Å². The zero-order valence-electron chi connectivity index (χ0n) is 15.8. The van der Waals surface area contributed by atoms with Crippen LogP contribution in [0.5, 0.6) is 0 Å². The summed E-state index contributed by atoms with van der Waals surface area (Å²) in [6.07, 6.45) is -4.48. The van der Waals surface area contributed by atoms with Crippen molar-refractivity contribution in [3.8, 4) is 10.6 Å². The van der Waals surface area contributed by atoms with E-state index in [1.165, 1.54) is 12.4 Å². The van der Waals surface area contributed by atoms with Crippen LogP contribution in [0.3, 0.4) is 0 Å². The molecule has 164 valence electrons. The first-order valence-corrected chi connectivity index (χ1v) is 10.3. The number of amides is 1. The van der Waals surface area contributed by atoms with Gasteiger partial charge in [0, 0.05) is 28.9 Å². The first kappa shape index (κ1) is 23.1. The van der Waals surface area contributed by atoms with Gasteiger partial charge in [0.2, 0.25) is 5.91 Å². The van der Waals surface area contributed by atoms with Gasteiger partial charge in [-0.1, -0.05) is 29.3 Å². The number of benzene rings is 1. The molecule has 0 aliphatic rings. The van der Waals surface area contributed by atoms with Gasteiger partial charge in [0.05, 0.1) is 16.3 Å². The first-order chi connectivity index (χ1) is 14.5. The Morgan fingerprint density at radius 1 is 1.26 bits per heavy atom. The van der Waals surface area contributed by atoms with Gasteiger partial charge in [-0.05, 0) is 30.2 Å². The fraction of sp³-hybridized carbons (Fsp3) is 0.211. The number of halogens is 5. The van der Waals surface area contributed by atoms with Gasteiger partial charge < -0.3 is 10.4 Å². The summed E-state index contributed by atoms with van der Waals surface area (Å²) in [5.41, 5.74) is -0.918. The Hall–Kier alpha value is -2.56. The van der Waals surface area contributed by atoms with Gasteiger partial charge in [0.15, 0.2) is 5.69 Å². The molecule has 2 N–H and O–H groups in total. The maximum atomic E-state index is 13.0. The lowest BCUT2D eigenvalue weighted by Gasteiger charge is -2.08. The van der Waals surface area contributed by atoms with Crippen molar-refractivity contribution in [2.45, 2.75) is 19.0 Å². The molecule has 0 saturated carbocycles. The molecular formula is C19H14Cl2F3N3O3S. The number of carboxylic acids is 1. The van der Waals surface area contributed by atoms with Crippen LogP contribution in [0.15, 0.2) is 29.6 Å². The number of rotatable bonds is 6. The molecule has 1 aromatic carbocycles. The quantitative estimate of drug-likeness (QED) is 0.460. The fourth-order valence-corrected chi connectivity index (χ4v) is 4.52. The van der Waals surface area contributed by atoms with Crippen molar-refractivity contribution in [3.05, 3.63) is 56.5 Å². The normalized spacial score (nSPS) is 11.5. The molecule has 0 aliphatic heterocycles. The predicted octanol–water partition coefficient (Wildman–Crippen LogP) is 5.74. The van der Waals surface area contributed by atoms with Crippen LogP contribution in [0.1, 0.15) is 28.0 Å². The number of nitrogens with zero attached hydrogens (tertiary/aromatic N) is 2. The molecule has 0 atom stereocenters. The lowest BCUT2D eigenvalue weighted by Crippen LogP contribution is -2.14. The highest BCUT2D eigenvalue weighted by atomic mass is 35.5. The van der Waals surface area contributed by atoms with Crippen molar-refractivity contribution >= 4 is 52.1 Å². The standard InChI is InChI=1S/C19H14Cl2F3N3O3S/c1-27-13(7-14(26-27)19(22,23)24)17-16(18(29)30)12(8-31-17)25-15(28)6-5-9-10(20)3-2-4-11(9)21/h2-4,7-8H,5-6H2,1H3,(H,25,28)(H,29,30). The summed E-state index contributed by atoms with van der Waals surface area (Å²) in [5.74, 6) is -1.89. The van der Waals surface area contributed by atoms with Gasteiger partial charge in [-0.25, -0.2) is 4.79 Å². The second-order valence-electron chi connectivity index (χ2n) is 6.44. The number of carbonyl (C=O) groups excluding carboxylic acids is 1. The van der Waals surface area contributed by atoms with Crippen LogP contribution in [0.4, 0.5) is 18.9 Å². The van der Waals surface area contributed by atoms with E-state index in [-0.39, 0.29) is 34.7 Å². The number of anilines is 1. The summed E-state index contributed by atoms with van der Waals surface area (Å²) < 4.78 is 39.8. The Kier molecular flexibility index (Phi) is 6.63. The van der Waals surface area contributed by atoms with Crippen molar-refractivity contribution in [1.29, 1.82) is 0 Å². The van der Waals surface area contributed by atoms with Crippen molar-refractivity contribution < 1.29 is 27.9 Å². The second kappa shape index (κ2) is 8.89. The van der Waals surface area contributed by atoms with Crippen LogP contribution in [0.25, 0.3) is 10.6 Å². The molecule has 31 heavy (non-hydrogen) atoms. The maximum absolute atomic E-state index is 13.0. The maximum Gasteiger partial charge on any atom is 0.435 e. The van der Waals surface area contributed by atoms with Crippen LogP contribution >= 0.6 is 34.5 Å². The van der Waals surface area contributed by atoms with E-state index in [0.717, 1.165) is 22.1 Å². The number of thiophene rings is 1. The number of carbonyl (C=O) groups is 2. The molecule has 2 heterocycles. The number of aryl methyl sites for hydroxylation is 1. The number of hydrogen-bond acceptors (Lipinski definition) is 4. The lowest BCUT2D eigenvalue weighted by atomic mass is 10.1. The Balaban J connectivity index is 1.84. The van der Waals surface area contributed by atoms with Crippen molar-refractivity contribution in [2.24, 2.45) is 7.05 Å². The summed E-state index contributed by atoms with van der Waals surface area (Å²) in [7, 11) is 1.28. The Morgan fingerprint density at radius 3 is 2.45 bits per heavy atom. The molecule has 0 aliphatic carbocycles. The number of carboxylic acid groups (broad SMARTS) is 1. The highest BCUT2D eigenvalue weighted by Gasteiger charge is 2.35. The van der Waals surface area contributed by atoms with Crippen molar-refractivity contribution in [3.63, 3.8) is 0 Å². The minimum atomic E-state index is -4.67. The van der Waals surface area contributed by atoms with Gasteiger partial charge in [-0.15, -0.1) is 11.3 Å². The number of hydrogen-bond donors (Lipinski definition) is 2. The molecule has 3 aromatic rings. The van der Waals surface area contributed by atoms with E-state index < -0.39 is 23.7 Å². The van der Waals surface area contributed by atoms with E-state index >= 15 is 0 Å². The number of aromatic nitrogens is 2. The Labute approximate surface area is 188 Å². The monoisotopic (exact) mass is 491 g/mol. The van der Waals surface area contributed by atoms with Crippen LogP contribution < -0.4 is 5.32 Å². The Bertz CT molecular complexity index is 1140. The molecule has 0 unspecified atom stereocenters. The van der Waals surface area contributed by atoms with E-state index in [1.54, 1.807) is 18.2 Å². The minimum Gasteiger partial charge on any atom is -0.478 e. The largest absolute Gasteiger partial charge is 0.478 e. The fourth-order valence-electron chi connectivity index (χ4n) is 2.89. The molecule has 12 heteroatoms. The third-order valence-electron chi connectivity index (χ3n) is 4.35. The average Bonchev–Trinajstić information content (AvgIpc) is 3.24. The smallest absolute Gasteiger partial charge is 0.435 e. The SMILES string of the molecule is Cn1nc(C(F)(F)F)cc1-c1scc(NC(=O)CCc2c(Cl)cccc2Cl)c1C(=O)O. The summed E-state index contributed by atoms with van der Waals surface area (Å²) in [6.45, 7) is 0. The van der Waals surface area contributed by atoms with E-state index in [4.69, 9.17) is 23.2 Å². The third-order valence-corrected chi connectivity index (χ3v) is 6.06. The second-order valence-corrected chi connectivity index (χ2v) is 8.14. The van der Waals surface area contributed by atoms with Crippen LogP contribution in [-0.4, -0.2) is 26.8 Å². The van der Waals surface area contributed by atoms with Crippen LogP contribution in [0, 0.1) is 0 Å². The molecule has 3 rings (SSSR count). The number of nitrogens with one attached hydrogen (secondary N) is 1. The molecule has 0 radical (unpaired) electrons. The summed E-state index contributed by atoms with van der Waals surface area (Å²) in [6, 6.07) is 5.71. The Morgan fingerprint density at radius 2 is 1.90 bits per heavy atom. The van der Waals surface area contributed by atoms with Gasteiger partial charge in [0.1, 0.15) is 5.56 Å². The zero-order chi connectivity index (χ0) is 22.9. The lowest BCUT2D eigenvalue weighted by molar-refractivity contribution is -0.141. The van der Waals surface area contributed by atoms with E-state index in [9.17, 15) is 27.9 Å². The van der Waals surface area contributed by atoms with Crippen LogP contribution in [0.2, 0.25) is 10.0 Å². The molecule has 1 amide bonds. The van der Waals surface area contributed by atoms with Crippen molar-refractivity contribution in [2.75, 3.05) is 5.32 Å². The van der Waals surface area contributed by atoms with Gasteiger partial charge in [0.25, 0.3) is 0 Å². The van der Waals surface area contributed by atoms with Gasteiger partial charge in [-0.2, -0.15) is 18.3 Å². The highest BCUT2D eigenvalue weighted by molar-refractivity contribution is 7.14. The molecule has 0 fully saturated rings. The zero-order valence-corrected chi connectivity index (χ0v) is 18.1.